The average molecular weight is 266 g/mol. The van der Waals surface area contributed by atoms with Gasteiger partial charge in [0.25, 0.3) is 6.16 Å². The van der Waals surface area contributed by atoms with E-state index in [0.717, 1.165) is 0 Å². The van der Waals surface area contributed by atoms with Gasteiger partial charge in [0.15, 0.2) is 0 Å². The number of rotatable bonds is 1. The summed E-state index contributed by atoms with van der Waals surface area (Å²) in [5, 5.41) is 9.84. The standard InChI is InChI=1S/C7H6O3.H2I/c8-7(9)10-6-4-2-1-3-5-6;/h1-5H,(H,8,9);1H2/q;+1/p-1. The molecule has 4 heteroatoms. The molecule has 0 unspecified atom stereocenters. The quantitative estimate of drug-likeness (QED) is 0.307. The number of carboxylic acid groups (broad SMARTS) is 1. The van der Waals surface area contributed by atoms with Gasteiger partial charge in [-0.05, 0) is 12.1 Å². The Hall–Kier alpha value is -0.780. The van der Waals surface area contributed by atoms with Crippen LogP contribution in [0.3, 0.4) is 0 Å². The van der Waals surface area contributed by atoms with Gasteiger partial charge >= 0.3 is 0 Å². The van der Waals surface area contributed by atoms with Gasteiger partial charge in [0, 0.05) is 0 Å². The smallest absolute Gasteiger partial charge is 0.257 e. The first-order chi connectivity index (χ1) is 4.79. The highest BCUT2D eigenvalue weighted by molar-refractivity contribution is 5.58. The Morgan fingerprint density at radius 3 is 2.27 bits per heavy atom. The monoisotopic (exact) mass is 266 g/mol. The molecule has 0 amide bonds. The maximum Gasteiger partial charge on any atom is 0.257 e. The molecule has 0 bridgehead atoms. The highest BCUT2D eigenvalue weighted by atomic mass is 127. The van der Waals surface area contributed by atoms with Crippen molar-refractivity contribution >= 4 is 6.16 Å². The third-order valence-electron chi connectivity index (χ3n) is 0.944. The second kappa shape index (κ2) is 4.95. The maximum atomic E-state index is 9.84. The van der Waals surface area contributed by atoms with Crippen LogP contribution in [0.1, 0.15) is 0 Å². The zero-order chi connectivity index (χ0) is 7.40. The van der Waals surface area contributed by atoms with Crippen molar-refractivity contribution in [3.05, 3.63) is 30.3 Å². The highest BCUT2D eigenvalue weighted by Gasteiger charge is 1.85. The molecule has 0 aliphatic rings. The van der Waals surface area contributed by atoms with E-state index in [2.05, 4.69) is 4.74 Å². The molecule has 0 saturated heterocycles. The molecule has 0 spiro atoms. The molecule has 0 radical (unpaired) electrons. The number of halogens is 1. The van der Waals surface area contributed by atoms with Gasteiger partial charge in [-0.3, -0.25) is 0 Å². The fraction of sp³-hybridized carbons (Fsp3) is 0. The Balaban J connectivity index is 0.000001000. The predicted molar refractivity (Wildman–Crippen MR) is 35.3 cm³/mol. The Bertz CT molecular complexity index is 222. The number of benzene rings is 1. The van der Waals surface area contributed by atoms with E-state index in [4.69, 9.17) is 0 Å². The molecule has 0 aliphatic heterocycles. The molecule has 0 atom stereocenters. The molecular weight excluding hydrogens is 259 g/mol. The molecule has 3 nitrogen and oxygen atoms in total. The lowest BCUT2D eigenvalue weighted by Gasteiger charge is -2.05. The van der Waals surface area contributed by atoms with Crippen molar-refractivity contribution in [3.63, 3.8) is 0 Å². The van der Waals surface area contributed by atoms with Gasteiger partial charge in [0.1, 0.15) is 0 Å². The van der Waals surface area contributed by atoms with Crippen molar-refractivity contribution < 1.29 is 38.6 Å². The van der Waals surface area contributed by atoms with Crippen molar-refractivity contribution in [2.75, 3.05) is 0 Å². The fourth-order valence-corrected chi connectivity index (χ4v) is 0.585. The second-order valence-corrected chi connectivity index (χ2v) is 1.67. The van der Waals surface area contributed by atoms with Crippen molar-refractivity contribution in [2.24, 2.45) is 0 Å². The minimum atomic E-state index is -1.54. The number of carbonyl (C=O) groups is 1. The fourth-order valence-electron chi connectivity index (χ4n) is 0.585. The molecule has 0 aliphatic carbocycles. The van der Waals surface area contributed by atoms with E-state index in [-0.39, 0.29) is 29.7 Å². The number of carbonyl (C=O) groups excluding carboxylic acids is 1. The normalized spacial score (nSPS) is 8.00. The molecule has 1 aromatic carbocycles. The van der Waals surface area contributed by atoms with E-state index in [1.54, 1.807) is 18.2 Å². The van der Waals surface area contributed by atoms with E-state index in [1.807, 2.05) is 0 Å². The van der Waals surface area contributed by atoms with E-state index in [0.29, 0.717) is 0 Å². The van der Waals surface area contributed by atoms with Crippen LogP contribution in [0.5, 0.6) is 5.75 Å². The van der Waals surface area contributed by atoms with Crippen LogP contribution in [-0.4, -0.2) is 6.16 Å². The molecule has 0 N–H and O–H groups in total. The van der Waals surface area contributed by atoms with Crippen molar-refractivity contribution in [3.8, 4) is 5.75 Å². The molecule has 1 aromatic rings. The molecule has 0 heterocycles. The van der Waals surface area contributed by atoms with Crippen molar-refractivity contribution in [2.45, 2.75) is 0 Å². The minimum absolute atomic E-state index is 0. The minimum Gasteiger partial charge on any atom is -0.514 e. The number of para-hydroxylation sites is 1. The number of hydrogen-bond donors (Lipinski definition) is 0. The second-order valence-electron chi connectivity index (χ2n) is 1.67. The van der Waals surface area contributed by atoms with E-state index in [1.165, 1.54) is 12.1 Å². The summed E-state index contributed by atoms with van der Waals surface area (Å²) in [7, 11) is 0. The third-order valence-corrected chi connectivity index (χ3v) is 0.944. The zero-order valence-electron chi connectivity index (χ0n) is 5.56. The zero-order valence-corrected chi connectivity index (χ0v) is 8.11. The Morgan fingerprint density at radius 2 is 1.82 bits per heavy atom. The van der Waals surface area contributed by atoms with Crippen LogP contribution >= 0.6 is 0 Å². The van der Waals surface area contributed by atoms with Crippen LogP contribution < -0.4 is 33.8 Å². The van der Waals surface area contributed by atoms with Crippen LogP contribution in [0.2, 0.25) is 0 Å². The van der Waals surface area contributed by atoms with Crippen LogP contribution in [-0.2, 0) is 0 Å². The molecule has 0 fully saturated rings. The highest BCUT2D eigenvalue weighted by Crippen LogP contribution is 2.06. The summed E-state index contributed by atoms with van der Waals surface area (Å²) < 4.78 is 4.22. The molecule has 0 aromatic heterocycles. The lowest BCUT2D eigenvalue weighted by molar-refractivity contribution is -0.271. The van der Waals surface area contributed by atoms with Gasteiger partial charge in [-0.1, -0.05) is 18.2 Å². The average Bonchev–Trinajstić information content (AvgIpc) is 1.88. The lowest BCUT2D eigenvalue weighted by Crippen LogP contribution is -3.00. The first-order valence-corrected chi connectivity index (χ1v) is 2.73. The van der Waals surface area contributed by atoms with E-state index < -0.39 is 6.16 Å². The summed E-state index contributed by atoms with van der Waals surface area (Å²) >= 11 is 0. The van der Waals surface area contributed by atoms with Crippen LogP contribution in [0.25, 0.3) is 0 Å². The molecule has 0 saturated carbocycles. The molecular formula is C7H7IO3. The summed E-state index contributed by atoms with van der Waals surface area (Å²) in [5.41, 5.74) is 0. The van der Waals surface area contributed by atoms with Gasteiger partial charge in [0.2, 0.25) is 24.0 Å². The van der Waals surface area contributed by atoms with Crippen LogP contribution in [0.15, 0.2) is 30.3 Å². The number of hydrogen-bond acceptors (Lipinski definition) is 3. The Morgan fingerprint density at radius 1 is 1.27 bits per heavy atom. The largest absolute Gasteiger partial charge is 0.514 e. The van der Waals surface area contributed by atoms with Gasteiger partial charge in [0.05, 0.1) is 5.75 Å². The topological polar surface area (TPSA) is 49.4 Å². The van der Waals surface area contributed by atoms with Gasteiger partial charge < -0.3 is 14.6 Å². The van der Waals surface area contributed by atoms with Gasteiger partial charge in [-0.2, -0.15) is 0 Å². The van der Waals surface area contributed by atoms with Crippen molar-refractivity contribution in [1.29, 1.82) is 0 Å². The lowest BCUT2D eigenvalue weighted by atomic mass is 10.3. The molecule has 11 heavy (non-hydrogen) atoms. The summed E-state index contributed by atoms with van der Waals surface area (Å²) in [6.45, 7) is 0. The molecule has 1 rings (SSSR count). The third kappa shape index (κ3) is 3.82. The first-order valence-electron chi connectivity index (χ1n) is 2.73. The van der Waals surface area contributed by atoms with Gasteiger partial charge in [-0.25, -0.2) is 0 Å². The Kier molecular flexibility index (Phi) is 4.60. The van der Waals surface area contributed by atoms with Gasteiger partial charge in [-0.15, -0.1) is 0 Å². The summed E-state index contributed by atoms with van der Waals surface area (Å²) in [5.74, 6) is 0.280. The van der Waals surface area contributed by atoms with E-state index in [9.17, 15) is 9.90 Å². The van der Waals surface area contributed by atoms with Crippen LogP contribution in [0, 0.1) is 0 Å². The Labute approximate surface area is 81.0 Å². The summed E-state index contributed by atoms with van der Waals surface area (Å²) in [6, 6.07) is 8.20. The number of ether oxygens (including phenoxy) is 1. The molecule has 60 valence electrons. The first kappa shape index (κ1) is 10.2. The van der Waals surface area contributed by atoms with Crippen LogP contribution in [0.4, 0.5) is 4.79 Å². The van der Waals surface area contributed by atoms with Crippen molar-refractivity contribution in [1.82, 2.24) is 0 Å². The SMILES string of the molecule is O=C([O-])Oc1ccccc1.[IH2+]. The summed E-state index contributed by atoms with van der Waals surface area (Å²) in [6.07, 6.45) is -1.54. The summed E-state index contributed by atoms with van der Waals surface area (Å²) in [4.78, 5) is 9.84. The maximum absolute atomic E-state index is 9.84. The van der Waals surface area contributed by atoms with E-state index >= 15 is 0 Å². The predicted octanol–water partition coefficient (Wildman–Crippen LogP) is -3.12.